The number of aliphatic carboxylic acids is 1. The van der Waals surface area contributed by atoms with Gasteiger partial charge in [-0.05, 0) is 31.4 Å². The van der Waals surface area contributed by atoms with Crippen LogP contribution in [0.4, 0.5) is 5.69 Å². The number of amides is 2. The van der Waals surface area contributed by atoms with Crippen LogP contribution >= 0.6 is 11.8 Å². The van der Waals surface area contributed by atoms with Crippen molar-refractivity contribution in [3.05, 3.63) is 36.9 Å². The topological polar surface area (TPSA) is 86.7 Å². The molecule has 0 saturated carbocycles. The summed E-state index contributed by atoms with van der Waals surface area (Å²) in [5.41, 5.74) is 0.720. The van der Waals surface area contributed by atoms with Crippen molar-refractivity contribution in [1.29, 1.82) is 0 Å². The molecular weight excluding hydrogens is 328 g/mol. The van der Waals surface area contributed by atoms with Crippen molar-refractivity contribution in [3.63, 3.8) is 0 Å². The van der Waals surface area contributed by atoms with Gasteiger partial charge in [-0.1, -0.05) is 30.0 Å². The van der Waals surface area contributed by atoms with Crippen molar-refractivity contribution >= 4 is 35.2 Å². The van der Waals surface area contributed by atoms with E-state index < -0.39 is 22.8 Å². The number of carboxylic acid groups (broad SMARTS) is 1. The van der Waals surface area contributed by atoms with Gasteiger partial charge >= 0.3 is 5.97 Å². The molecule has 7 heteroatoms. The average Bonchev–Trinajstić information content (AvgIpc) is 3.07. The molecule has 6 nitrogen and oxygen atoms in total. The molecule has 2 heterocycles. The Bertz CT molecular complexity index is 720. The summed E-state index contributed by atoms with van der Waals surface area (Å²) in [6.45, 7) is 3.57. The first-order chi connectivity index (χ1) is 11.5. The zero-order chi connectivity index (χ0) is 17.3. The van der Waals surface area contributed by atoms with Crippen LogP contribution in [0.15, 0.2) is 41.8 Å². The molecule has 24 heavy (non-hydrogen) atoms. The third kappa shape index (κ3) is 2.58. The summed E-state index contributed by atoms with van der Waals surface area (Å²) in [5.74, 6) is -1.62. The van der Waals surface area contributed by atoms with E-state index in [0.29, 0.717) is 12.8 Å². The minimum absolute atomic E-state index is 0.111. The van der Waals surface area contributed by atoms with Gasteiger partial charge in [0.05, 0.1) is 5.69 Å². The second-order valence-electron chi connectivity index (χ2n) is 5.81. The molecular formula is C17H18N2O4S. The minimum atomic E-state index is -1.09. The van der Waals surface area contributed by atoms with Gasteiger partial charge in [0.1, 0.15) is 6.04 Å². The van der Waals surface area contributed by atoms with Crippen molar-refractivity contribution < 1.29 is 19.5 Å². The van der Waals surface area contributed by atoms with E-state index >= 15 is 0 Å². The van der Waals surface area contributed by atoms with Gasteiger partial charge in [-0.25, -0.2) is 4.79 Å². The highest BCUT2D eigenvalue weighted by Crippen LogP contribution is 2.55. The highest BCUT2D eigenvalue weighted by Gasteiger charge is 2.57. The van der Waals surface area contributed by atoms with Crippen LogP contribution in [-0.2, 0) is 14.4 Å². The summed E-state index contributed by atoms with van der Waals surface area (Å²) in [7, 11) is 0. The molecule has 1 aromatic rings. The highest BCUT2D eigenvalue weighted by molar-refractivity contribution is 8.02. The number of benzene rings is 1. The lowest BCUT2D eigenvalue weighted by Gasteiger charge is -2.30. The van der Waals surface area contributed by atoms with Gasteiger partial charge in [-0.3, -0.25) is 14.5 Å². The maximum absolute atomic E-state index is 12.9. The van der Waals surface area contributed by atoms with Crippen LogP contribution in [0, 0.1) is 0 Å². The molecule has 2 atom stereocenters. The van der Waals surface area contributed by atoms with Crippen molar-refractivity contribution in [2.24, 2.45) is 0 Å². The lowest BCUT2D eigenvalue weighted by Crippen LogP contribution is -2.56. The quantitative estimate of drug-likeness (QED) is 0.771. The maximum atomic E-state index is 12.9. The van der Waals surface area contributed by atoms with E-state index in [1.165, 1.54) is 16.7 Å². The van der Waals surface area contributed by atoms with Crippen molar-refractivity contribution in [1.82, 2.24) is 5.32 Å². The summed E-state index contributed by atoms with van der Waals surface area (Å²) in [6.07, 6.45) is 3.02. The molecule has 126 valence electrons. The first-order valence-electron chi connectivity index (χ1n) is 7.75. The number of carboxylic acids is 1. The molecule has 0 aliphatic carbocycles. The zero-order valence-corrected chi connectivity index (χ0v) is 13.8. The molecule has 2 aliphatic heterocycles. The molecule has 2 unspecified atom stereocenters. The Morgan fingerprint density at radius 3 is 2.92 bits per heavy atom. The average molecular weight is 346 g/mol. The summed E-state index contributed by atoms with van der Waals surface area (Å²) in [5, 5.41) is 11.9. The molecule has 3 rings (SSSR count). The number of carbonyl (C=O) groups excluding carboxylic acids is 2. The number of allylic oxidation sites excluding steroid dienone is 1. The number of anilines is 1. The SMILES string of the molecule is C=CCCC(NC(=O)C12CCC(=O)N1c1ccccc1S2)C(=O)O. The van der Waals surface area contributed by atoms with Crippen LogP contribution in [0.1, 0.15) is 25.7 Å². The van der Waals surface area contributed by atoms with Gasteiger partial charge in [0, 0.05) is 11.3 Å². The van der Waals surface area contributed by atoms with E-state index in [0.717, 1.165) is 10.6 Å². The van der Waals surface area contributed by atoms with E-state index in [-0.39, 0.29) is 18.7 Å². The van der Waals surface area contributed by atoms with Crippen LogP contribution in [0.25, 0.3) is 0 Å². The molecule has 1 aromatic carbocycles. The lowest BCUT2D eigenvalue weighted by atomic mass is 10.1. The fourth-order valence-corrected chi connectivity index (χ4v) is 4.53. The minimum Gasteiger partial charge on any atom is -0.480 e. The largest absolute Gasteiger partial charge is 0.480 e. The number of fused-ring (bicyclic) bond motifs is 3. The van der Waals surface area contributed by atoms with Gasteiger partial charge in [0.25, 0.3) is 5.91 Å². The van der Waals surface area contributed by atoms with E-state index in [1.807, 2.05) is 24.3 Å². The Morgan fingerprint density at radius 2 is 2.21 bits per heavy atom. The van der Waals surface area contributed by atoms with Gasteiger partial charge in [-0.2, -0.15) is 0 Å². The monoisotopic (exact) mass is 346 g/mol. The van der Waals surface area contributed by atoms with Gasteiger partial charge < -0.3 is 10.4 Å². The van der Waals surface area contributed by atoms with Crippen LogP contribution in [-0.4, -0.2) is 33.8 Å². The number of nitrogens with one attached hydrogen (secondary N) is 1. The van der Waals surface area contributed by atoms with Crippen LogP contribution in [0.5, 0.6) is 0 Å². The molecule has 1 fully saturated rings. The molecule has 0 bridgehead atoms. The zero-order valence-electron chi connectivity index (χ0n) is 13.0. The predicted octanol–water partition coefficient (Wildman–Crippen LogP) is 2.15. The predicted molar refractivity (Wildman–Crippen MR) is 90.7 cm³/mol. The van der Waals surface area contributed by atoms with Crippen LogP contribution in [0.3, 0.4) is 0 Å². The summed E-state index contributed by atoms with van der Waals surface area (Å²) >= 11 is 1.32. The van der Waals surface area contributed by atoms with Crippen molar-refractivity contribution in [2.45, 2.75) is 41.5 Å². The van der Waals surface area contributed by atoms with Gasteiger partial charge in [0.2, 0.25) is 5.91 Å². The van der Waals surface area contributed by atoms with E-state index in [1.54, 1.807) is 6.08 Å². The number of carbonyl (C=O) groups is 3. The van der Waals surface area contributed by atoms with Crippen LogP contribution in [0.2, 0.25) is 0 Å². The number of hydrogen-bond donors (Lipinski definition) is 2. The van der Waals surface area contributed by atoms with E-state index in [2.05, 4.69) is 11.9 Å². The van der Waals surface area contributed by atoms with Crippen molar-refractivity contribution in [2.75, 3.05) is 4.90 Å². The first-order valence-corrected chi connectivity index (χ1v) is 8.57. The molecule has 2 aliphatic rings. The highest BCUT2D eigenvalue weighted by atomic mass is 32.2. The molecule has 0 aromatic heterocycles. The Morgan fingerprint density at radius 1 is 1.46 bits per heavy atom. The van der Waals surface area contributed by atoms with Crippen molar-refractivity contribution in [3.8, 4) is 0 Å². The number of para-hydroxylation sites is 1. The molecule has 2 amide bonds. The Hall–Kier alpha value is -2.28. The second kappa shape index (κ2) is 6.32. The standard InChI is InChI=1S/C17H18N2O4S/c1-2-3-6-11(15(21)22)18-16(23)17-10-9-14(20)19(17)12-7-4-5-8-13(12)24-17/h2,4-5,7-8,11H,1,3,6,9-10H2,(H,18,23)(H,21,22). The Kier molecular flexibility index (Phi) is 4.36. The molecule has 0 spiro atoms. The van der Waals surface area contributed by atoms with Gasteiger partial charge in [0.15, 0.2) is 4.87 Å². The fourth-order valence-electron chi connectivity index (χ4n) is 3.11. The van der Waals surface area contributed by atoms with Gasteiger partial charge in [-0.15, -0.1) is 6.58 Å². The third-order valence-electron chi connectivity index (χ3n) is 4.29. The normalized spacial score (nSPS) is 22.7. The second-order valence-corrected chi connectivity index (χ2v) is 7.13. The maximum Gasteiger partial charge on any atom is 0.326 e. The summed E-state index contributed by atoms with van der Waals surface area (Å²) < 4.78 is 0. The number of hydrogen-bond acceptors (Lipinski definition) is 4. The number of thioether (sulfide) groups is 1. The Labute approximate surface area is 143 Å². The van der Waals surface area contributed by atoms with Crippen LogP contribution < -0.4 is 10.2 Å². The number of rotatable bonds is 6. The molecule has 1 saturated heterocycles. The molecule has 2 N–H and O–H groups in total. The number of nitrogens with zero attached hydrogens (tertiary/aromatic N) is 1. The van der Waals surface area contributed by atoms with E-state index in [4.69, 9.17) is 0 Å². The Balaban J connectivity index is 1.87. The summed E-state index contributed by atoms with van der Waals surface area (Å²) in [4.78, 5) is 37.9. The smallest absolute Gasteiger partial charge is 0.326 e. The fraction of sp³-hybridized carbons (Fsp3) is 0.353. The first kappa shape index (κ1) is 16.6. The van der Waals surface area contributed by atoms with E-state index in [9.17, 15) is 19.5 Å². The lowest BCUT2D eigenvalue weighted by molar-refractivity contribution is -0.142. The molecule has 0 radical (unpaired) electrons. The summed E-state index contributed by atoms with van der Waals surface area (Å²) in [6, 6.07) is 6.36. The third-order valence-corrected chi connectivity index (χ3v) is 5.77.